The molecular weight excluding hydrogens is 386 g/mol. The Morgan fingerprint density at radius 2 is 1.77 bits per heavy atom. The number of imide groups is 1. The average molecular weight is 418 g/mol. The fourth-order valence-electron chi connectivity index (χ4n) is 4.69. The highest BCUT2D eigenvalue weighted by Gasteiger charge is 2.43. The van der Waals surface area contributed by atoms with E-state index < -0.39 is 0 Å². The van der Waals surface area contributed by atoms with Crippen molar-refractivity contribution in [1.29, 1.82) is 0 Å². The van der Waals surface area contributed by atoms with Crippen LogP contribution in [0.25, 0.3) is 5.57 Å². The van der Waals surface area contributed by atoms with Crippen LogP contribution >= 0.6 is 0 Å². The van der Waals surface area contributed by atoms with Crippen LogP contribution in [0.1, 0.15) is 36.5 Å². The lowest BCUT2D eigenvalue weighted by atomic mass is 9.95. The molecule has 2 heterocycles. The quantitative estimate of drug-likeness (QED) is 0.693. The van der Waals surface area contributed by atoms with Crippen molar-refractivity contribution in [3.63, 3.8) is 0 Å². The Hall–Kier alpha value is -3.08. The number of nitrogens with zero attached hydrogens (tertiary/aromatic N) is 3. The minimum Gasteiger partial charge on any atom is -0.378 e. The number of hydrogen-bond donors (Lipinski definition) is 0. The number of rotatable bonds is 4. The molecule has 2 aromatic rings. The lowest BCUT2D eigenvalue weighted by Crippen LogP contribution is -2.39. The highest BCUT2D eigenvalue weighted by atomic mass is 16.2. The van der Waals surface area contributed by atoms with E-state index in [9.17, 15) is 9.59 Å². The van der Waals surface area contributed by atoms with Crippen LogP contribution in [-0.4, -0.2) is 43.9 Å². The number of aryl methyl sites for hydroxylation is 2. The summed E-state index contributed by atoms with van der Waals surface area (Å²) in [5.74, 6) is 0.0432. The largest absolute Gasteiger partial charge is 0.378 e. The average Bonchev–Trinajstić information content (AvgIpc) is 2.98. The highest BCUT2D eigenvalue weighted by molar-refractivity contribution is 6.45. The molecular formula is C26H31N3O2. The van der Waals surface area contributed by atoms with E-state index in [2.05, 4.69) is 17.9 Å². The molecule has 1 fully saturated rings. The summed E-state index contributed by atoms with van der Waals surface area (Å²) >= 11 is 0. The molecule has 0 radical (unpaired) electrons. The minimum atomic E-state index is -0.235. The Kier molecular flexibility index (Phi) is 5.61. The summed E-state index contributed by atoms with van der Waals surface area (Å²) in [5, 5.41) is 0. The summed E-state index contributed by atoms with van der Waals surface area (Å²) in [4.78, 5) is 33.0. The molecule has 0 aliphatic carbocycles. The fraction of sp³-hybridized carbons (Fsp3) is 0.385. The lowest BCUT2D eigenvalue weighted by Gasteiger charge is -2.33. The molecule has 2 aliphatic heterocycles. The predicted octanol–water partition coefficient (Wildman–Crippen LogP) is 4.39. The molecule has 1 unspecified atom stereocenters. The highest BCUT2D eigenvalue weighted by Crippen LogP contribution is 2.38. The van der Waals surface area contributed by atoms with Gasteiger partial charge in [0.05, 0.1) is 11.3 Å². The molecule has 2 amide bonds. The molecule has 0 spiro atoms. The van der Waals surface area contributed by atoms with E-state index in [-0.39, 0.29) is 11.8 Å². The predicted molar refractivity (Wildman–Crippen MR) is 126 cm³/mol. The normalized spacial score (nSPS) is 19.5. The van der Waals surface area contributed by atoms with Crippen LogP contribution < -0.4 is 9.80 Å². The van der Waals surface area contributed by atoms with Crippen LogP contribution in [0.3, 0.4) is 0 Å². The second-order valence-corrected chi connectivity index (χ2v) is 9.10. The zero-order valence-electron chi connectivity index (χ0n) is 19.1. The van der Waals surface area contributed by atoms with Crippen LogP contribution in [0.15, 0.2) is 48.2 Å². The Morgan fingerprint density at radius 3 is 2.45 bits per heavy atom. The van der Waals surface area contributed by atoms with E-state index in [1.165, 1.54) is 4.90 Å². The Morgan fingerprint density at radius 1 is 1.00 bits per heavy atom. The van der Waals surface area contributed by atoms with E-state index in [1.54, 1.807) is 0 Å². The Bertz CT molecular complexity index is 1070. The van der Waals surface area contributed by atoms with Crippen LogP contribution in [0.5, 0.6) is 0 Å². The first kappa shape index (κ1) is 21.2. The first-order valence-corrected chi connectivity index (χ1v) is 11.0. The molecule has 162 valence electrons. The van der Waals surface area contributed by atoms with Gasteiger partial charge in [-0.25, -0.2) is 4.90 Å². The van der Waals surface area contributed by atoms with Crippen LogP contribution in [-0.2, 0) is 9.59 Å². The van der Waals surface area contributed by atoms with Gasteiger partial charge in [-0.1, -0.05) is 36.8 Å². The van der Waals surface area contributed by atoms with E-state index in [0.29, 0.717) is 22.9 Å². The maximum absolute atomic E-state index is 13.8. The first-order valence-electron chi connectivity index (χ1n) is 11.0. The second kappa shape index (κ2) is 8.22. The van der Waals surface area contributed by atoms with Crippen molar-refractivity contribution in [1.82, 2.24) is 4.90 Å². The van der Waals surface area contributed by atoms with Crippen LogP contribution in [0.2, 0.25) is 0 Å². The number of amides is 2. The molecule has 0 aromatic heterocycles. The lowest BCUT2D eigenvalue weighted by molar-refractivity contribution is -0.120. The molecule has 0 saturated carbocycles. The van der Waals surface area contributed by atoms with Gasteiger partial charge in [0.25, 0.3) is 11.8 Å². The van der Waals surface area contributed by atoms with Crippen molar-refractivity contribution in [3.05, 3.63) is 64.9 Å². The maximum atomic E-state index is 13.8. The van der Waals surface area contributed by atoms with Crippen molar-refractivity contribution >= 4 is 28.8 Å². The number of piperidine rings is 1. The van der Waals surface area contributed by atoms with Crippen molar-refractivity contribution in [3.8, 4) is 0 Å². The summed E-state index contributed by atoms with van der Waals surface area (Å²) in [5.41, 5.74) is 5.66. The maximum Gasteiger partial charge on any atom is 0.282 e. The van der Waals surface area contributed by atoms with Gasteiger partial charge in [0, 0.05) is 32.9 Å². The van der Waals surface area contributed by atoms with E-state index in [1.807, 2.05) is 69.2 Å². The molecule has 2 aromatic carbocycles. The van der Waals surface area contributed by atoms with Gasteiger partial charge < -0.3 is 9.80 Å². The summed E-state index contributed by atoms with van der Waals surface area (Å²) < 4.78 is 0. The van der Waals surface area contributed by atoms with Gasteiger partial charge in [-0.2, -0.15) is 0 Å². The number of benzene rings is 2. The molecule has 5 nitrogen and oxygen atoms in total. The number of likely N-dealkylation sites (tertiary alicyclic amines) is 1. The zero-order chi connectivity index (χ0) is 22.3. The van der Waals surface area contributed by atoms with E-state index in [0.717, 1.165) is 48.3 Å². The van der Waals surface area contributed by atoms with Gasteiger partial charge in [0.1, 0.15) is 5.70 Å². The van der Waals surface area contributed by atoms with Crippen molar-refractivity contribution in [2.75, 3.05) is 37.0 Å². The zero-order valence-corrected chi connectivity index (χ0v) is 19.1. The Labute approximate surface area is 184 Å². The summed E-state index contributed by atoms with van der Waals surface area (Å²) in [6.45, 7) is 7.87. The first-order chi connectivity index (χ1) is 14.8. The third kappa shape index (κ3) is 3.85. The van der Waals surface area contributed by atoms with Crippen LogP contribution in [0.4, 0.5) is 11.4 Å². The topological polar surface area (TPSA) is 43.9 Å². The molecule has 1 saturated heterocycles. The van der Waals surface area contributed by atoms with Crippen molar-refractivity contribution < 1.29 is 9.59 Å². The smallest absolute Gasteiger partial charge is 0.282 e. The minimum absolute atomic E-state index is 0.218. The number of carbonyl (C=O) groups excluding carboxylic acids is 2. The van der Waals surface area contributed by atoms with E-state index in [4.69, 9.17) is 0 Å². The monoisotopic (exact) mass is 417 g/mol. The molecule has 1 atom stereocenters. The van der Waals surface area contributed by atoms with Gasteiger partial charge in [-0.3, -0.25) is 9.59 Å². The number of carbonyl (C=O) groups is 2. The van der Waals surface area contributed by atoms with Crippen molar-refractivity contribution in [2.45, 2.75) is 33.6 Å². The standard InChI is InChI=1S/C26H31N3O2/c1-17-11-12-22(19(3)14-17)23-24(28-13-7-8-18(2)16-28)26(31)29(25(23)30)21-10-6-9-20(15-21)27(4)5/h6,9-12,14-15,18H,7-8,13,16H2,1-5H3. The third-order valence-corrected chi connectivity index (χ3v) is 6.29. The van der Waals surface area contributed by atoms with Gasteiger partial charge >= 0.3 is 0 Å². The summed E-state index contributed by atoms with van der Waals surface area (Å²) in [6.07, 6.45) is 2.18. The van der Waals surface area contributed by atoms with Crippen LogP contribution in [0, 0.1) is 19.8 Å². The van der Waals surface area contributed by atoms with E-state index >= 15 is 0 Å². The fourth-order valence-corrected chi connectivity index (χ4v) is 4.69. The number of hydrogen-bond acceptors (Lipinski definition) is 4. The van der Waals surface area contributed by atoms with Gasteiger partial charge in [-0.05, 0) is 61.9 Å². The molecule has 2 aliphatic rings. The third-order valence-electron chi connectivity index (χ3n) is 6.29. The van der Waals surface area contributed by atoms with Gasteiger partial charge in [0.2, 0.25) is 0 Å². The van der Waals surface area contributed by atoms with Crippen molar-refractivity contribution in [2.24, 2.45) is 5.92 Å². The summed E-state index contributed by atoms with van der Waals surface area (Å²) in [6, 6.07) is 13.7. The molecule has 5 heteroatoms. The van der Waals surface area contributed by atoms with Gasteiger partial charge in [-0.15, -0.1) is 0 Å². The molecule has 4 rings (SSSR count). The SMILES string of the molecule is Cc1ccc(C2=C(N3CCCC(C)C3)C(=O)N(c3cccc(N(C)C)c3)C2=O)c(C)c1. The molecule has 0 bridgehead atoms. The summed E-state index contributed by atoms with van der Waals surface area (Å²) in [7, 11) is 3.90. The second-order valence-electron chi connectivity index (χ2n) is 9.10. The molecule has 0 N–H and O–H groups in total. The molecule has 31 heavy (non-hydrogen) atoms. The Balaban J connectivity index is 1.85. The van der Waals surface area contributed by atoms with Gasteiger partial charge in [0.15, 0.2) is 0 Å². The number of anilines is 2.